The van der Waals surface area contributed by atoms with Gasteiger partial charge in [0.15, 0.2) is 6.23 Å². The van der Waals surface area contributed by atoms with Crippen LogP contribution in [0.1, 0.15) is 32.6 Å². The molecule has 0 radical (unpaired) electrons. The molecule has 0 amide bonds. The molecule has 1 saturated heterocycles. The molecule has 1 aliphatic rings. The fourth-order valence-corrected chi connectivity index (χ4v) is 9.46. The number of ether oxygens (including phenoxy) is 1. The highest BCUT2D eigenvalue weighted by Crippen LogP contribution is 2.38. The smallest absolute Gasteiger partial charge is 0.351 e. The molecule has 0 aliphatic carbocycles. The second-order valence-electron chi connectivity index (χ2n) is 10.0. The van der Waals surface area contributed by atoms with Crippen molar-refractivity contribution in [2.75, 3.05) is 12.3 Å². The van der Waals surface area contributed by atoms with Gasteiger partial charge in [0.05, 0.1) is 13.2 Å². The zero-order chi connectivity index (χ0) is 26.1. The Morgan fingerprint density at radius 3 is 2.08 bits per heavy atom. The Bertz CT molecular complexity index is 1190. The van der Waals surface area contributed by atoms with Gasteiger partial charge in [-0.1, -0.05) is 81.4 Å². The summed E-state index contributed by atoms with van der Waals surface area (Å²) in [6.45, 7) is 5.97. The highest BCUT2D eigenvalue weighted by atomic mass is 28.4. The number of nitrogen functional groups attached to an aromatic ring is 1. The number of benzene rings is 2. The summed E-state index contributed by atoms with van der Waals surface area (Å²) in [4.78, 5) is 16.2. The Labute approximate surface area is 210 Å². The Balaban J connectivity index is 1.68. The first-order valence-electron chi connectivity index (χ1n) is 11.8. The van der Waals surface area contributed by atoms with Gasteiger partial charge in [0.2, 0.25) is 0 Å². The molecule has 36 heavy (non-hydrogen) atoms. The van der Waals surface area contributed by atoms with Crippen molar-refractivity contribution < 1.29 is 24.5 Å². The zero-order valence-electron chi connectivity index (χ0n) is 20.6. The van der Waals surface area contributed by atoms with Gasteiger partial charge in [0.1, 0.15) is 24.1 Å². The standard InChI is InChI=1S/C26H33N3O6Si/c1-26(2,3)36(18-10-6-4-7-11-18,19-12-8-5-9-13-19)34-16-20-21(31)22(32)24(35-20)29-14-17(15-30)23(27)28-25(29)33/h4-14,20-22,24,30-32H,15-16H2,1-3H3,(H2,27,28,33)/t20-,21-,22-,24-/m1/s1. The van der Waals surface area contributed by atoms with Gasteiger partial charge in [0.25, 0.3) is 8.32 Å². The van der Waals surface area contributed by atoms with Crippen LogP contribution in [0.2, 0.25) is 5.04 Å². The van der Waals surface area contributed by atoms with Crippen LogP contribution in [0.3, 0.4) is 0 Å². The Kier molecular flexibility index (Phi) is 7.46. The topological polar surface area (TPSA) is 140 Å². The molecule has 0 spiro atoms. The summed E-state index contributed by atoms with van der Waals surface area (Å²) >= 11 is 0. The largest absolute Gasteiger partial charge is 0.405 e. The molecule has 192 valence electrons. The third kappa shape index (κ3) is 4.63. The molecule has 2 aromatic carbocycles. The van der Waals surface area contributed by atoms with Crippen LogP contribution in [0.25, 0.3) is 0 Å². The summed E-state index contributed by atoms with van der Waals surface area (Å²) < 4.78 is 13.8. The van der Waals surface area contributed by atoms with E-state index in [4.69, 9.17) is 14.9 Å². The Hall–Kier alpha value is -2.86. The number of anilines is 1. The van der Waals surface area contributed by atoms with Crippen molar-refractivity contribution in [2.45, 2.75) is 57.0 Å². The molecule has 5 N–H and O–H groups in total. The molecule has 4 rings (SSSR count). The maximum Gasteiger partial charge on any atom is 0.351 e. The van der Waals surface area contributed by atoms with Gasteiger partial charge in [-0.2, -0.15) is 4.98 Å². The minimum atomic E-state index is -2.91. The molecule has 3 aromatic rings. The summed E-state index contributed by atoms with van der Waals surface area (Å²) in [6.07, 6.45) is -3.55. The van der Waals surface area contributed by atoms with Crippen LogP contribution in [0.15, 0.2) is 71.7 Å². The summed E-state index contributed by atoms with van der Waals surface area (Å²) in [7, 11) is -2.91. The van der Waals surface area contributed by atoms with E-state index >= 15 is 0 Å². The molecule has 10 heteroatoms. The molecular weight excluding hydrogens is 478 g/mol. The molecule has 9 nitrogen and oxygen atoms in total. The van der Waals surface area contributed by atoms with Gasteiger partial charge >= 0.3 is 5.69 Å². The molecule has 0 saturated carbocycles. The van der Waals surface area contributed by atoms with Crippen molar-refractivity contribution in [1.82, 2.24) is 9.55 Å². The first-order valence-corrected chi connectivity index (χ1v) is 13.8. The molecular formula is C26H33N3O6Si. The average Bonchev–Trinajstić information content (AvgIpc) is 3.13. The molecule has 1 aromatic heterocycles. The minimum Gasteiger partial charge on any atom is -0.405 e. The summed E-state index contributed by atoms with van der Waals surface area (Å²) in [6, 6.07) is 20.1. The van der Waals surface area contributed by atoms with Gasteiger partial charge in [-0.05, 0) is 15.4 Å². The van der Waals surface area contributed by atoms with E-state index < -0.39 is 45.2 Å². The van der Waals surface area contributed by atoms with Gasteiger partial charge in [-0.25, -0.2) is 4.79 Å². The van der Waals surface area contributed by atoms with E-state index in [0.717, 1.165) is 14.9 Å². The summed E-state index contributed by atoms with van der Waals surface area (Å²) in [5, 5.41) is 33.0. The highest BCUT2D eigenvalue weighted by Gasteiger charge is 2.52. The average molecular weight is 512 g/mol. The minimum absolute atomic E-state index is 0.00792. The van der Waals surface area contributed by atoms with Crippen LogP contribution >= 0.6 is 0 Å². The van der Waals surface area contributed by atoms with Gasteiger partial charge in [-0.15, -0.1) is 0 Å². The van der Waals surface area contributed by atoms with Crippen LogP contribution in [-0.4, -0.2) is 58.1 Å². The first-order chi connectivity index (χ1) is 17.1. The van der Waals surface area contributed by atoms with Crippen molar-refractivity contribution in [3.63, 3.8) is 0 Å². The number of hydrogen-bond donors (Lipinski definition) is 4. The first kappa shape index (κ1) is 26.2. The number of hydrogen-bond acceptors (Lipinski definition) is 8. The Morgan fingerprint density at radius 1 is 1.03 bits per heavy atom. The van der Waals surface area contributed by atoms with Crippen LogP contribution < -0.4 is 21.8 Å². The second-order valence-corrected chi connectivity index (χ2v) is 14.3. The second kappa shape index (κ2) is 10.2. The van der Waals surface area contributed by atoms with Crippen LogP contribution in [-0.2, 0) is 15.8 Å². The monoisotopic (exact) mass is 511 g/mol. The van der Waals surface area contributed by atoms with Crippen LogP contribution in [0, 0.1) is 0 Å². The Morgan fingerprint density at radius 2 is 1.58 bits per heavy atom. The fraction of sp³-hybridized carbons (Fsp3) is 0.385. The zero-order valence-corrected chi connectivity index (χ0v) is 21.6. The lowest BCUT2D eigenvalue weighted by Crippen LogP contribution is -2.67. The van der Waals surface area contributed by atoms with Crippen LogP contribution in [0.5, 0.6) is 0 Å². The number of aliphatic hydroxyl groups excluding tert-OH is 3. The van der Waals surface area contributed by atoms with Crippen molar-refractivity contribution in [2.24, 2.45) is 0 Å². The highest BCUT2D eigenvalue weighted by molar-refractivity contribution is 6.99. The quantitative estimate of drug-likeness (QED) is 0.337. The molecule has 0 unspecified atom stereocenters. The molecule has 4 atom stereocenters. The maximum absolute atomic E-state index is 12.5. The van der Waals surface area contributed by atoms with Crippen molar-refractivity contribution >= 4 is 24.5 Å². The number of nitrogens with two attached hydrogens (primary N) is 1. The van der Waals surface area contributed by atoms with E-state index in [2.05, 4.69) is 50.0 Å². The van der Waals surface area contributed by atoms with Gasteiger partial charge in [0, 0.05) is 11.8 Å². The van der Waals surface area contributed by atoms with E-state index in [9.17, 15) is 20.1 Å². The lowest BCUT2D eigenvalue weighted by Gasteiger charge is -2.43. The number of rotatable bonds is 7. The predicted molar refractivity (Wildman–Crippen MR) is 138 cm³/mol. The normalized spacial score (nSPS) is 22.6. The van der Waals surface area contributed by atoms with E-state index in [1.165, 1.54) is 6.20 Å². The lowest BCUT2D eigenvalue weighted by atomic mass is 10.1. The van der Waals surface area contributed by atoms with Gasteiger partial charge < -0.3 is 30.2 Å². The van der Waals surface area contributed by atoms with Gasteiger partial charge in [-0.3, -0.25) is 4.57 Å². The van der Waals surface area contributed by atoms with E-state index in [1.54, 1.807) is 0 Å². The molecule has 1 fully saturated rings. The maximum atomic E-state index is 12.5. The number of aliphatic hydroxyl groups is 3. The predicted octanol–water partition coefficient (Wildman–Crippen LogP) is 0.514. The molecule has 2 heterocycles. The fourth-order valence-electron chi connectivity index (χ4n) is 4.89. The third-order valence-corrected chi connectivity index (χ3v) is 11.7. The molecule has 1 aliphatic heterocycles. The number of aromatic nitrogens is 2. The van der Waals surface area contributed by atoms with E-state index in [1.807, 2.05) is 36.4 Å². The SMILES string of the molecule is CC(C)(C)[Si](OC[C@H]1O[C@@H](n2cc(CO)c(N)nc2=O)[C@H](O)[C@@H]1O)(c1ccccc1)c1ccccc1. The van der Waals surface area contributed by atoms with Crippen molar-refractivity contribution in [3.8, 4) is 0 Å². The molecule has 0 bridgehead atoms. The lowest BCUT2D eigenvalue weighted by molar-refractivity contribution is -0.0528. The van der Waals surface area contributed by atoms with Crippen molar-refractivity contribution in [3.05, 3.63) is 82.9 Å². The van der Waals surface area contributed by atoms with E-state index in [-0.39, 0.29) is 23.0 Å². The summed E-state index contributed by atoms with van der Waals surface area (Å²) in [5.74, 6) is -0.0987. The van der Waals surface area contributed by atoms with Crippen LogP contribution in [0.4, 0.5) is 5.82 Å². The van der Waals surface area contributed by atoms with Crippen molar-refractivity contribution in [1.29, 1.82) is 0 Å². The number of nitrogens with zero attached hydrogens (tertiary/aromatic N) is 2. The third-order valence-electron chi connectivity index (χ3n) is 6.72. The van der Waals surface area contributed by atoms with E-state index in [0.29, 0.717) is 0 Å². The summed E-state index contributed by atoms with van der Waals surface area (Å²) in [5.41, 5.74) is 5.14.